The summed E-state index contributed by atoms with van der Waals surface area (Å²) in [6.07, 6.45) is -0.282. The molecule has 10 heteroatoms. The molecule has 0 aromatic heterocycles. The molecule has 1 amide bonds. The minimum absolute atomic E-state index is 0. The molecule has 7 rings (SSSR count). The minimum atomic E-state index is -0.934. The van der Waals surface area contributed by atoms with Crippen LogP contribution in [0.5, 0.6) is 23.0 Å². The second kappa shape index (κ2) is 26.8. The third-order valence-corrected chi connectivity index (χ3v) is 10.2. The first kappa shape index (κ1) is 49.2. The second-order valence-electron chi connectivity index (χ2n) is 15.3. The van der Waals surface area contributed by atoms with Crippen LogP contribution in [0.1, 0.15) is 70.9 Å². The summed E-state index contributed by atoms with van der Waals surface area (Å²) in [6.45, 7) is 3.97. The first-order valence-corrected chi connectivity index (χ1v) is 21.6. The van der Waals surface area contributed by atoms with E-state index >= 15 is 0 Å². The highest BCUT2D eigenvalue weighted by atomic mass is 35.5. The van der Waals surface area contributed by atoms with Gasteiger partial charge >= 0.3 is 6.09 Å². The van der Waals surface area contributed by atoms with Crippen LogP contribution in [0.25, 0.3) is 0 Å². The summed E-state index contributed by atoms with van der Waals surface area (Å²) in [4.78, 5) is 13.8. The number of aliphatic hydroxyl groups is 2. The number of carbonyl (C=O) groups is 1. The number of hydrogen-bond donors (Lipinski definition) is 2. The Kier molecular flexibility index (Phi) is 20.3. The quantitative estimate of drug-likeness (QED) is 0.0779. The van der Waals surface area contributed by atoms with Crippen molar-refractivity contribution in [2.45, 2.75) is 65.0 Å². The Balaban J connectivity index is 0.000000252. The average molecular weight is 897 g/mol. The molecule has 2 atom stereocenters. The minimum Gasteiger partial charge on any atom is -0.485 e. The van der Waals surface area contributed by atoms with Gasteiger partial charge < -0.3 is 38.8 Å². The lowest BCUT2D eigenvalue weighted by molar-refractivity contribution is 0.0786. The molecule has 0 spiro atoms. The first-order valence-electron chi connectivity index (χ1n) is 21.6. The molecule has 0 saturated carbocycles. The predicted molar refractivity (Wildman–Crippen MR) is 257 cm³/mol. The van der Waals surface area contributed by atoms with Gasteiger partial charge in [0, 0.05) is 7.05 Å². The lowest BCUT2D eigenvalue weighted by Gasteiger charge is -2.22. The number of rotatable bonds is 20. The predicted octanol–water partition coefficient (Wildman–Crippen LogP) is 12.2. The van der Waals surface area contributed by atoms with Crippen LogP contribution in [-0.4, -0.2) is 34.8 Å². The summed E-state index contributed by atoms with van der Waals surface area (Å²) in [5.41, 5.74) is 6.60. The summed E-state index contributed by atoms with van der Waals surface area (Å²) in [5.74, 6) is 2.43. The van der Waals surface area contributed by atoms with E-state index in [2.05, 4.69) is 6.92 Å². The van der Waals surface area contributed by atoms with Gasteiger partial charge in [0.2, 0.25) is 0 Å². The van der Waals surface area contributed by atoms with E-state index in [1.165, 1.54) is 4.90 Å². The van der Waals surface area contributed by atoms with Crippen LogP contribution in [0, 0.1) is 0 Å². The van der Waals surface area contributed by atoms with Gasteiger partial charge in [0.1, 0.15) is 33.0 Å². The second-order valence-corrected chi connectivity index (χ2v) is 15.3. The Labute approximate surface area is 389 Å². The van der Waals surface area contributed by atoms with Crippen molar-refractivity contribution in [3.8, 4) is 23.0 Å². The lowest BCUT2D eigenvalue weighted by atomic mass is 10.0. The number of carbonyl (C=O) groups excluding carboxylic acids is 1. The summed E-state index contributed by atoms with van der Waals surface area (Å²) in [7, 11) is 1.60. The molecule has 0 aliphatic carbocycles. The molecule has 0 fully saturated rings. The number of likely N-dealkylation sites (N-methyl/N-ethyl adjacent to an activating group) is 1. The van der Waals surface area contributed by atoms with E-state index in [9.17, 15) is 15.0 Å². The van der Waals surface area contributed by atoms with Crippen molar-refractivity contribution in [3.05, 3.63) is 227 Å². The number of amides is 1. The van der Waals surface area contributed by atoms with E-state index in [-0.39, 0.29) is 25.6 Å². The summed E-state index contributed by atoms with van der Waals surface area (Å²) in [6, 6.07) is 60.3. The maximum Gasteiger partial charge on any atom is 0.409 e. The van der Waals surface area contributed by atoms with Crippen LogP contribution in [0.4, 0.5) is 4.79 Å². The molecular formula is C55H58ClNO8. The Morgan fingerprint density at radius 3 is 1.14 bits per heavy atom. The SMILES string of the molecule is CCC[C@H](O)c1ccc(OCc2ccccc2)c(OCc2ccccc2)c1.CN(C[C@H](O)c1ccc(OCc2ccccc2)c(OCc2ccccc2)c1)C(=O)OCc1ccccc1.Cl. The molecule has 0 aliphatic heterocycles. The average Bonchev–Trinajstić information content (AvgIpc) is 3.35. The van der Waals surface area contributed by atoms with Gasteiger partial charge in [0.25, 0.3) is 0 Å². The van der Waals surface area contributed by atoms with Crippen molar-refractivity contribution >= 4 is 18.5 Å². The molecule has 7 aromatic carbocycles. The maximum absolute atomic E-state index is 12.4. The Hall–Kier alpha value is -6.78. The molecule has 0 bridgehead atoms. The highest BCUT2D eigenvalue weighted by Crippen LogP contribution is 2.34. The molecule has 65 heavy (non-hydrogen) atoms. The van der Waals surface area contributed by atoms with E-state index in [4.69, 9.17) is 23.7 Å². The van der Waals surface area contributed by atoms with Gasteiger partial charge in [0.05, 0.1) is 18.8 Å². The lowest BCUT2D eigenvalue weighted by Crippen LogP contribution is -2.31. The van der Waals surface area contributed by atoms with Gasteiger partial charge in [-0.15, -0.1) is 12.4 Å². The van der Waals surface area contributed by atoms with E-state index < -0.39 is 18.3 Å². The summed E-state index contributed by atoms with van der Waals surface area (Å²) < 4.78 is 29.6. The summed E-state index contributed by atoms with van der Waals surface area (Å²) in [5, 5.41) is 21.2. The Morgan fingerprint density at radius 1 is 0.462 bits per heavy atom. The van der Waals surface area contributed by atoms with Crippen LogP contribution < -0.4 is 18.9 Å². The van der Waals surface area contributed by atoms with Gasteiger partial charge in [-0.2, -0.15) is 0 Å². The number of aliphatic hydroxyl groups excluding tert-OH is 2. The highest BCUT2D eigenvalue weighted by molar-refractivity contribution is 5.85. The van der Waals surface area contributed by atoms with Crippen molar-refractivity contribution in [1.29, 1.82) is 0 Å². The first-order chi connectivity index (χ1) is 31.3. The van der Waals surface area contributed by atoms with E-state index in [1.807, 2.05) is 170 Å². The molecule has 0 aliphatic rings. The van der Waals surface area contributed by atoms with Crippen LogP contribution >= 0.6 is 12.4 Å². The fourth-order valence-corrected chi connectivity index (χ4v) is 6.58. The van der Waals surface area contributed by atoms with E-state index in [1.54, 1.807) is 25.2 Å². The topological polar surface area (TPSA) is 107 Å². The van der Waals surface area contributed by atoms with Gasteiger partial charge in [-0.3, -0.25) is 0 Å². The number of nitrogens with zero attached hydrogens (tertiary/aromatic N) is 1. The highest BCUT2D eigenvalue weighted by Gasteiger charge is 2.19. The van der Waals surface area contributed by atoms with Crippen LogP contribution in [0.3, 0.4) is 0 Å². The number of ether oxygens (including phenoxy) is 5. The molecule has 0 unspecified atom stereocenters. The third-order valence-electron chi connectivity index (χ3n) is 10.2. The van der Waals surface area contributed by atoms with Crippen molar-refractivity contribution in [2.75, 3.05) is 13.6 Å². The molecule has 0 radical (unpaired) electrons. The molecule has 9 nitrogen and oxygen atoms in total. The Morgan fingerprint density at radius 2 is 0.785 bits per heavy atom. The van der Waals surface area contributed by atoms with Crippen molar-refractivity contribution in [1.82, 2.24) is 4.90 Å². The molecular weight excluding hydrogens is 838 g/mol. The van der Waals surface area contributed by atoms with Gasteiger partial charge in [0.15, 0.2) is 23.0 Å². The standard InChI is InChI=1S/C31H31NO5.C24H26O3.ClH/c1-32(31(34)37-23-26-15-9-4-10-16-26)20-28(33)27-17-18-29(35-21-24-11-5-2-6-12-24)30(19-27)36-22-25-13-7-3-8-14-25;1-2-9-22(25)21-14-15-23(26-17-19-10-5-3-6-11-19)24(16-21)27-18-20-12-7-4-8-13-20;/h2-19,28,33H,20-23H2,1H3;3-8,10-16,22,25H,2,9,17-18H2,1H3;1H/t28-;22-;/m00./s1. The van der Waals surface area contributed by atoms with Crippen molar-refractivity contribution in [3.63, 3.8) is 0 Å². The fraction of sp³-hybridized carbons (Fsp3) is 0.218. The molecule has 338 valence electrons. The Bertz CT molecular complexity index is 2410. The number of hydrogen-bond acceptors (Lipinski definition) is 8. The third kappa shape index (κ3) is 16.4. The van der Waals surface area contributed by atoms with E-state index in [0.29, 0.717) is 55.0 Å². The van der Waals surface area contributed by atoms with Gasteiger partial charge in [-0.05, 0) is 69.6 Å². The van der Waals surface area contributed by atoms with Crippen LogP contribution in [0.2, 0.25) is 0 Å². The maximum atomic E-state index is 12.4. The molecule has 2 N–H and O–H groups in total. The molecule has 0 heterocycles. The van der Waals surface area contributed by atoms with Gasteiger partial charge in [-0.25, -0.2) is 4.79 Å². The zero-order valence-electron chi connectivity index (χ0n) is 36.9. The normalized spacial score (nSPS) is 11.4. The van der Waals surface area contributed by atoms with Crippen LogP contribution in [0.15, 0.2) is 188 Å². The zero-order chi connectivity index (χ0) is 44.8. The van der Waals surface area contributed by atoms with Crippen molar-refractivity contribution in [2.24, 2.45) is 0 Å². The summed E-state index contributed by atoms with van der Waals surface area (Å²) >= 11 is 0. The van der Waals surface area contributed by atoms with Crippen molar-refractivity contribution < 1.29 is 38.7 Å². The fourth-order valence-electron chi connectivity index (χ4n) is 6.58. The van der Waals surface area contributed by atoms with Gasteiger partial charge in [-0.1, -0.05) is 177 Å². The smallest absolute Gasteiger partial charge is 0.409 e. The molecule has 7 aromatic rings. The number of halogens is 1. The monoisotopic (exact) mass is 895 g/mol. The zero-order valence-corrected chi connectivity index (χ0v) is 37.7. The van der Waals surface area contributed by atoms with Crippen LogP contribution in [-0.2, 0) is 37.8 Å². The largest absolute Gasteiger partial charge is 0.485 e. The van der Waals surface area contributed by atoms with E-state index in [0.717, 1.165) is 46.2 Å². The molecule has 0 saturated heterocycles. The number of benzene rings is 7.